The van der Waals surface area contributed by atoms with E-state index in [0.29, 0.717) is 24.3 Å². The topological polar surface area (TPSA) is 0 Å². The standard InChI is InChI=1S/C22H8F18/c23-15(24,17(27,28)19(31,32)21(35,36)37)13-9-5-1-2-6-10(9)14(12-8-4-3-7-11(12)13)16(25,26)18(29,30)20(33,34)22(38,39)40/h1-8H. The van der Waals surface area contributed by atoms with E-state index in [9.17, 15) is 61.5 Å². The van der Waals surface area contributed by atoms with E-state index < -0.39 is 80.6 Å². The van der Waals surface area contributed by atoms with Crippen molar-refractivity contribution in [1.82, 2.24) is 0 Å². The van der Waals surface area contributed by atoms with Gasteiger partial charge in [-0.25, -0.2) is 0 Å². The average Bonchev–Trinajstić information content (AvgIpc) is 2.79. The van der Waals surface area contributed by atoms with Crippen molar-refractivity contribution in [2.45, 2.75) is 47.9 Å². The molecular formula is C22H8F18. The van der Waals surface area contributed by atoms with Gasteiger partial charge in [-0.3, -0.25) is 0 Å². The highest BCUT2D eigenvalue weighted by molar-refractivity contribution is 6.07. The highest BCUT2D eigenvalue weighted by atomic mass is 19.4. The van der Waals surface area contributed by atoms with Crippen molar-refractivity contribution in [3.8, 4) is 0 Å². The van der Waals surface area contributed by atoms with Gasteiger partial charge >= 0.3 is 47.9 Å². The van der Waals surface area contributed by atoms with Gasteiger partial charge in [0.2, 0.25) is 0 Å². The van der Waals surface area contributed by atoms with Gasteiger partial charge in [0, 0.05) is 11.1 Å². The quantitative estimate of drug-likeness (QED) is 0.192. The van der Waals surface area contributed by atoms with Crippen LogP contribution in [-0.2, 0) is 11.8 Å². The Bertz CT molecular complexity index is 1260. The maximum absolute atomic E-state index is 15.1. The van der Waals surface area contributed by atoms with Crippen LogP contribution in [0.15, 0.2) is 48.5 Å². The molecule has 0 fully saturated rings. The normalized spacial score (nSPS) is 15.2. The Kier molecular flexibility index (Phi) is 6.85. The summed E-state index contributed by atoms with van der Waals surface area (Å²) in [7, 11) is 0. The first-order valence-electron chi connectivity index (χ1n) is 10.1. The molecule has 3 aromatic rings. The lowest BCUT2D eigenvalue weighted by Crippen LogP contribution is -2.60. The largest absolute Gasteiger partial charge is 0.460 e. The minimum atomic E-state index is -7.49. The maximum atomic E-state index is 15.1. The van der Waals surface area contributed by atoms with Crippen molar-refractivity contribution in [3.63, 3.8) is 0 Å². The van der Waals surface area contributed by atoms with Gasteiger partial charge in [-0.1, -0.05) is 48.5 Å². The lowest BCUT2D eigenvalue weighted by molar-refractivity contribution is -0.399. The zero-order valence-electron chi connectivity index (χ0n) is 18.4. The van der Waals surface area contributed by atoms with E-state index in [2.05, 4.69) is 0 Å². The zero-order valence-corrected chi connectivity index (χ0v) is 18.4. The summed E-state index contributed by atoms with van der Waals surface area (Å²) < 4.78 is 248. The maximum Gasteiger partial charge on any atom is 0.460 e. The summed E-state index contributed by atoms with van der Waals surface area (Å²) in [5.41, 5.74) is -5.11. The van der Waals surface area contributed by atoms with Gasteiger partial charge in [0.25, 0.3) is 0 Å². The van der Waals surface area contributed by atoms with Crippen LogP contribution in [0.5, 0.6) is 0 Å². The fraction of sp³-hybridized carbons (Fsp3) is 0.364. The molecule has 222 valence electrons. The summed E-state index contributed by atoms with van der Waals surface area (Å²) in [6.45, 7) is 0. The van der Waals surface area contributed by atoms with Crippen LogP contribution < -0.4 is 0 Å². The number of benzene rings is 3. The monoisotopic (exact) mass is 614 g/mol. The van der Waals surface area contributed by atoms with E-state index in [1.165, 1.54) is 0 Å². The molecular weight excluding hydrogens is 606 g/mol. The number of alkyl halides is 18. The Morgan fingerprint density at radius 2 is 0.500 bits per heavy atom. The predicted molar refractivity (Wildman–Crippen MR) is 101 cm³/mol. The van der Waals surface area contributed by atoms with Crippen molar-refractivity contribution >= 4 is 21.5 Å². The molecule has 0 unspecified atom stereocenters. The third kappa shape index (κ3) is 3.94. The number of halogens is 18. The van der Waals surface area contributed by atoms with Crippen LogP contribution in [0.2, 0.25) is 0 Å². The third-order valence-corrected chi connectivity index (χ3v) is 5.85. The Hall–Kier alpha value is -3.08. The van der Waals surface area contributed by atoms with Crippen molar-refractivity contribution in [1.29, 1.82) is 0 Å². The van der Waals surface area contributed by atoms with Gasteiger partial charge in [0.15, 0.2) is 0 Å². The molecule has 0 nitrogen and oxygen atoms in total. The molecule has 0 N–H and O–H groups in total. The second kappa shape index (κ2) is 8.71. The van der Waals surface area contributed by atoms with E-state index in [4.69, 9.17) is 0 Å². The lowest BCUT2D eigenvalue weighted by atomic mass is 9.82. The second-order valence-corrected chi connectivity index (χ2v) is 8.28. The molecule has 0 spiro atoms. The summed E-state index contributed by atoms with van der Waals surface area (Å²) >= 11 is 0. The SMILES string of the molecule is FC(F)(F)C(F)(F)C(F)(F)C(F)(F)c1c2ccccc2c(C(F)(F)C(F)(F)C(F)(F)C(F)(F)F)c2ccccc12. The highest BCUT2D eigenvalue weighted by Gasteiger charge is 2.84. The number of rotatable bonds is 6. The second-order valence-electron chi connectivity index (χ2n) is 8.28. The van der Waals surface area contributed by atoms with Crippen molar-refractivity contribution in [2.24, 2.45) is 0 Å². The van der Waals surface area contributed by atoms with Gasteiger partial charge in [0.1, 0.15) is 0 Å². The Labute approximate surface area is 209 Å². The molecule has 0 heterocycles. The van der Waals surface area contributed by atoms with Crippen LogP contribution in [-0.4, -0.2) is 36.0 Å². The average molecular weight is 614 g/mol. The lowest BCUT2D eigenvalue weighted by Gasteiger charge is -2.37. The first kappa shape index (κ1) is 31.4. The van der Waals surface area contributed by atoms with E-state index in [1.54, 1.807) is 0 Å². The molecule has 3 rings (SSSR count). The zero-order chi connectivity index (χ0) is 31.1. The molecule has 0 aromatic heterocycles. The first-order valence-corrected chi connectivity index (χ1v) is 10.1. The minimum absolute atomic E-state index is 0.0758. The molecule has 0 aliphatic rings. The fourth-order valence-corrected chi connectivity index (χ4v) is 3.87. The van der Waals surface area contributed by atoms with Crippen LogP contribution in [0.1, 0.15) is 11.1 Å². The summed E-state index contributed by atoms with van der Waals surface area (Å²) in [4.78, 5) is 0. The molecule has 18 heteroatoms. The fourth-order valence-electron chi connectivity index (χ4n) is 3.87. The van der Waals surface area contributed by atoms with Gasteiger partial charge in [-0.15, -0.1) is 0 Å². The third-order valence-electron chi connectivity index (χ3n) is 5.85. The first-order chi connectivity index (χ1) is 17.7. The van der Waals surface area contributed by atoms with Crippen LogP contribution in [0, 0.1) is 0 Å². The molecule has 0 radical (unpaired) electrons. The Balaban J connectivity index is 2.56. The summed E-state index contributed by atoms with van der Waals surface area (Å²) in [5.74, 6) is -43.1. The number of fused-ring (bicyclic) bond motifs is 2. The van der Waals surface area contributed by atoms with Gasteiger partial charge in [-0.05, 0) is 21.5 Å². The predicted octanol–water partition coefficient (Wildman–Crippen LogP) is 9.84. The van der Waals surface area contributed by atoms with E-state index >= 15 is 17.6 Å². The van der Waals surface area contributed by atoms with Gasteiger partial charge in [0.05, 0.1) is 0 Å². The van der Waals surface area contributed by atoms with Crippen LogP contribution in [0.25, 0.3) is 21.5 Å². The van der Waals surface area contributed by atoms with E-state index in [0.717, 1.165) is 0 Å². The van der Waals surface area contributed by atoms with E-state index in [-0.39, 0.29) is 24.3 Å². The van der Waals surface area contributed by atoms with Crippen molar-refractivity contribution in [2.75, 3.05) is 0 Å². The number of hydrogen-bond acceptors (Lipinski definition) is 0. The summed E-state index contributed by atoms with van der Waals surface area (Å²) in [6.07, 6.45) is -14.6. The van der Waals surface area contributed by atoms with Crippen LogP contribution >= 0.6 is 0 Å². The van der Waals surface area contributed by atoms with Crippen LogP contribution in [0.4, 0.5) is 79.0 Å². The van der Waals surface area contributed by atoms with Gasteiger partial charge in [-0.2, -0.15) is 79.0 Å². The Morgan fingerprint density at radius 1 is 0.300 bits per heavy atom. The molecule has 0 aliphatic heterocycles. The number of hydrogen-bond donors (Lipinski definition) is 0. The molecule has 0 bridgehead atoms. The molecule has 40 heavy (non-hydrogen) atoms. The van der Waals surface area contributed by atoms with Crippen LogP contribution in [0.3, 0.4) is 0 Å². The minimum Gasteiger partial charge on any atom is -0.194 e. The molecule has 3 aromatic carbocycles. The molecule has 0 saturated carbocycles. The Morgan fingerprint density at radius 3 is 0.675 bits per heavy atom. The van der Waals surface area contributed by atoms with Gasteiger partial charge < -0.3 is 0 Å². The molecule has 0 atom stereocenters. The van der Waals surface area contributed by atoms with Crippen molar-refractivity contribution < 1.29 is 79.0 Å². The summed E-state index contributed by atoms with van der Waals surface area (Å²) in [6, 6.07) is 2.31. The van der Waals surface area contributed by atoms with Crippen molar-refractivity contribution in [3.05, 3.63) is 59.7 Å². The van der Waals surface area contributed by atoms with E-state index in [1.807, 2.05) is 0 Å². The molecule has 0 saturated heterocycles. The molecule has 0 amide bonds. The highest BCUT2D eigenvalue weighted by Crippen LogP contribution is 2.62. The molecule has 0 aliphatic carbocycles. The summed E-state index contributed by atoms with van der Waals surface area (Å²) in [5, 5.41) is -7.43. The smallest absolute Gasteiger partial charge is 0.194 e.